The van der Waals surface area contributed by atoms with Gasteiger partial charge in [0, 0.05) is 42.2 Å². The zero-order valence-corrected chi connectivity index (χ0v) is 24.3. The van der Waals surface area contributed by atoms with Crippen LogP contribution in [0, 0.1) is 11.7 Å². The van der Waals surface area contributed by atoms with Gasteiger partial charge in [0.1, 0.15) is 17.7 Å². The molecule has 2 aromatic rings. The van der Waals surface area contributed by atoms with E-state index in [1.165, 1.54) is 24.3 Å². The minimum absolute atomic E-state index is 0. The number of carbonyl (C=O) groups excluding carboxylic acids is 2. The number of nitrogens with one attached hydrogen (secondary N) is 1. The van der Waals surface area contributed by atoms with Gasteiger partial charge in [-0.25, -0.2) is 4.39 Å². The molecule has 220 valence electrons. The van der Waals surface area contributed by atoms with Crippen LogP contribution in [0.15, 0.2) is 47.5 Å². The normalized spacial score (nSPS) is 23.4. The molecular formula is C31H38ClFN4O4. The second-order valence-electron chi connectivity index (χ2n) is 11.5. The smallest absolute Gasteiger partial charge is 0.320 e. The largest absolute Gasteiger partial charge is 0.480 e. The van der Waals surface area contributed by atoms with Crippen LogP contribution in [0.2, 0.25) is 0 Å². The molecule has 1 saturated heterocycles. The average Bonchev–Trinajstić information content (AvgIpc) is 3.53. The molecule has 1 aliphatic carbocycles. The van der Waals surface area contributed by atoms with Gasteiger partial charge < -0.3 is 15.3 Å². The van der Waals surface area contributed by atoms with Crippen LogP contribution < -0.4 is 10.2 Å². The van der Waals surface area contributed by atoms with Gasteiger partial charge in [-0.3, -0.25) is 19.3 Å². The number of carboxylic acids is 1. The van der Waals surface area contributed by atoms with Crippen LogP contribution in [-0.2, 0) is 22.6 Å². The number of carboxylic acid groups (broad SMARTS) is 1. The molecule has 0 spiro atoms. The standard InChI is InChI=1S/C31H37FN4O4.ClH/c1-19(2)33-29(37)22-9-13-25(14-10-22)36-27-16-20(18-35-15-3-4-26(35)31(39)40)5-6-23(27)17-28(36)34-30(38)21-7-11-24(32)12-8-21;/h5-8,11-12,16,19,22,25-26H,3-4,9-10,13-15,17-18H2,1-2H3,(H,33,37)(H,39,40);1H/t22?,25?,26-;/m1./s1. The van der Waals surface area contributed by atoms with Crippen molar-refractivity contribution in [3.05, 3.63) is 65.0 Å². The number of carbonyl (C=O) groups is 3. The van der Waals surface area contributed by atoms with Crippen LogP contribution in [0.1, 0.15) is 73.9 Å². The lowest BCUT2D eigenvalue weighted by molar-refractivity contribution is -0.142. The Bertz CT molecular complexity index is 1310. The molecule has 0 unspecified atom stereocenters. The molecule has 8 nitrogen and oxygen atoms in total. The van der Waals surface area contributed by atoms with Gasteiger partial charge in [-0.15, -0.1) is 12.4 Å². The van der Waals surface area contributed by atoms with Crippen LogP contribution in [0.5, 0.6) is 0 Å². The summed E-state index contributed by atoms with van der Waals surface area (Å²) < 4.78 is 13.4. The lowest BCUT2D eigenvalue weighted by Crippen LogP contribution is -2.44. The summed E-state index contributed by atoms with van der Waals surface area (Å²) >= 11 is 0. The third kappa shape index (κ3) is 6.96. The summed E-state index contributed by atoms with van der Waals surface area (Å²) in [6.45, 7) is 5.22. The molecule has 2 aliphatic heterocycles. The zero-order chi connectivity index (χ0) is 28.4. The number of rotatable bonds is 7. The van der Waals surface area contributed by atoms with Gasteiger partial charge in [0.25, 0.3) is 5.91 Å². The SMILES string of the molecule is CC(C)NC(=O)C1CCC(N2C(=NC(=O)c3ccc(F)cc3)Cc3ccc(CN4CCC[C@@H]4C(=O)O)cc32)CC1.Cl. The highest BCUT2D eigenvalue weighted by molar-refractivity contribution is 6.12. The Morgan fingerprint density at radius 1 is 1.05 bits per heavy atom. The number of amides is 2. The van der Waals surface area contributed by atoms with Crippen LogP contribution >= 0.6 is 12.4 Å². The van der Waals surface area contributed by atoms with Crippen molar-refractivity contribution < 1.29 is 23.9 Å². The van der Waals surface area contributed by atoms with Crippen molar-refractivity contribution in [3.8, 4) is 0 Å². The molecule has 0 aromatic heterocycles. The topological polar surface area (TPSA) is 102 Å². The van der Waals surface area contributed by atoms with E-state index in [2.05, 4.69) is 27.3 Å². The molecule has 0 radical (unpaired) electrons. The molecule has 2 aromatic carbocycles. The van der Waals surface area contributed by atoms with E-state index < -0.39 is 23.7 Å². The van der Waals surface area contributed by atoms with Crippen molar-refractivity contribution in [2.75, 3.05) is 11.4 Å². The Kier molecular flexibility index (Phi) is 9.81. The van der Waals surface area contributed by atoms with E-state index in [1.54, 1.807) is 0 Å². The minimum atomic E-state index is -0.785. The fraction of sp³-hybridized carbons (Fsp3) is 0.484. The Hall–Kier alpha value is -3.30. The summed E-state index contributed by atoms with van der Waals surface area (Å²) in [5.74, 6) is -0.895. The first-order chi connectivity index (χ1) is 19.2. The Labute approximate surface area is 246 Å². The van der Waals surface area contributed by atoms with Crippen molar-refractivity contribution in [2.24, 2.45) is 10.9 Å². The maximum Gasteiger partial charge on any atom is 0.320 e. The number of anilines is 1. The fourth-order valence-corrected chi connectivity index (χ4v) is 6.28. The van der Waals surface area contributed by atoms with Crippen LogP contribution in [0.3, 0.4) is 0 Å². The molecule has 5 rings (SSSR count). The number of aliphatic carboxylic acids is 1. The monoisotopic (exact) mass is 584 g/mol. The Morgan fingerprint density at radius 2 is 1.76 bits per heavy atom. The lowest BCUT2D eigenvalue weighted by Gasteiger charge is -2.36. The number of likely N-dealkylation sites (tertiary alicyclic amines) is 1. The van der Waals surface area contributed by atoms with Gasteiger partial charge in [-0.05, 0) is 100 Å². The molecule has 10 heteroatoms. The number of halogens is 2. The van der Waals surface area contributed by atoms with E-state index >= 15 is 0 Å². The first-order valence-electron chi connectivity index (χ1n) is 14.3. The average molecular weight is 585 g/mol. The summed E-state index contributed by atoms with van der Waals surface area (Å²) in [5, 5.41) is 12.6. The van der Waals surface area contributed by atoms with Crippen LogP contribution in [-0.4, -0.2) is 58.3 Å². The van der Waals surface area contributed by atoms with E-state index in [0.29, 0.717) is 30.8 Å². The number of amidine groups is 1. The van der Waals surface area contributed by atoms with E-state index in [9.17, 15) is 23.9 Å². The number of fused-ring (bicyclic) bond motifs is 1. The van der Waals surface area contributed by atoms with Gasteiger partial charge in [-0.2, -0.15) is 4.99 Å². The summed E-state index contributed by atoms with van der Waals surface area (Å²) in [4.78, 5) is 46.1. The first kappa shape index (κ1) is 30.7. The second-order valence-corrected chi connectivity index (χ2v) is 11.5. The highest BCUT2D eigenvalue weighted by atomic mass is 35.5. The Morgan fingerprint density at radius 3 is 2.41 bits per heavy atom. The number of benzene rings is 2. The van der Waals surface area contributed by atoms with E-state index in [0.717, 1.165) is 55.5 Å². The molecule has 1 atom stereocenters. The quantitative estimate of drug-likeness (QED) is 0.476. The molecule has 1 saturated carbocycles. The first-order valence-corrected chi connectivity index (χ1v) is 14.3. The summed E-state index contributed by atoms with van der Waals surface area (Å²) in [6.07, 6.45) is 5.10. The molecule has 2 fully saturated rings. The van der Waals surface area contributed by atoms with Gasteiger partial charge >= 0.3 is 5.97 Å². The molecule has 41 heavy (non-hydrogen) atoms. The number of hydrogen-bond donors (Lipinski definition) is 2. The van der Waals surface area contributed by atoms with Gasteiger partial charge in [-0.1, -0.05) is 12.1 Å². The molecule has 2 N–H and O–H groups in total. The fourth-order valence-electron chi connectivity index (χ4n) is 6.28. The predicted octanol–water partition coefficient (Wildman–Crippen LogP) is 4.98. The molecule has 2 heterocycles. The number of nitrogens with zero attached hydrogens (tertiary/aromatic N) is 3. The van der Waals surface area contributed by atoms with Crippen LogP contribution in [0.4, 0.5) is 10.1 Å². The minimum Gasteiger partial charge on any atom is -0.480 e. The highest BCUT2D eigenvalue weighted by Gasteiger charge is 2.37. The van der Waals surface area contributed by atoms with Crippen molar-refractivity contribution in [1.82, 2.24) is 10.2 Å². The predicted molar refractivity (Wildman–Crippen MR) is 158 cm³/mol. The Balaban J connectivity index is 0.00000387. The molecule has 0 bridgehead atoms. The van der Waals surface area contributed by atoms with Gasteiger partial charge in [0.2, 0.25) is 5.91 Å². The van der Waals surface area contributed by atoms with Crippen LogP contribution in [0.25, 0.3) is 0 Å². The van der Waals surface area contributed by atoms with Gasteiger partial charge in [0.15, 0.2) is 0 Å². The second kappa shape index (κ2) is 13.1. The number of aliphatic imine (C=N–C) groups is 1. The van der Waals surface area contributed by atoms with Gasteiger partial charge in [0.05, 0.1) is 0 Å². The summed E-state index contributed by atoms with van der Waals surface area (Å²) in [5.41, 5.74) is 3.40. The van der Waals surface area contributed by atoms with Crippen molar-refractivity contribution in [3.63, 3.8) is 0 Å². The third-order valence-corrected chi connectivity index (χ3v) is 8.26. The van der Waals surface area contributed by atoms with E-state index in [4.69, 9.17) is 0 Å². The van der Waals surface area contributed by atoms with E-state index in [-0.39, 0.29) is 36.3 Å². The lowest BCUT2D eigenvalue weighted by atomic mass is 9.84. The highest BCUT2D eigenvalue weighted by Crippen LogP contribution is 2.38. The summed E-state index contributed by atoms with van der Waals surface area (Å²) in [7, 11) is 0. The number of hydrogen-bond acceptors (Lipinski definition) is 4. The molecular weight excluding hydrogens is 547 g/mol. The maximum absolute atomic E-state index is 13.4. The zero-order valence-electron chi connectivity index (χ0n) is 23.5. The molecule has 3 aliphatic rings. The van der Waals surface area contributed by atoms with Crippen molar-refractivity contribution in [1.29, 1.82) is 0 Å². The summed E-state index contributed by atoms with van der Waals surface area (Å²) in [6, 6.07) is 11.3. The third-order valence-electron chi connectivity index (χ3n) is 8.26. The maximum atomic E-state index is 13.4. The van der Waals surface area contributed by atoms with E-state index in [1.807, 2.05) is 24.8 Å². The van der Waals surface area contributed by atoms with Crippen molar-refractivity contribution in [2.45, 2.75) is 83.5 Å². The van der Waals surface area contributed by atoms with Crippen molar-refractivity contribution >= 4 is 41.7 Å². The molecule has 2 amide bonds.